The van der Waals surface area contributed by atoms with Gasteiger partial charge in [-0.25, -0.2) is 9.13 Å². The Labute approximate surface area is 548 Å². The number of ether oxygens (including phenoxy) is 4. The molecule has 0 aliphatic carbocycles. The van der Waals surface area contributed by atoms with Crippen LogP contribution in [0.15, 0.2) is 24.3 Å². The van der Waals surface area contributed by atoms with Gasteiger partial charge < -0.3 is 33.8 Å². The number of rotatable bonds is 68. The lowest BCUT2D eigenvalue weighted by Gasteiger charge is -2.21. The minimum absolute atomic E-state index is 0.0851. The third kappa shape index (κ3) is 64.3. The molecule has 0 aromatic rings. The second-order valence-corrected chi connectivity index (χ2v) is 28.8. The van der Waals surface area contributed by atoms with E-state index in [1.807, 2.05) is 0 Å². The summed E-state index contributed by atoms with van der Waals surface area (Å²) in [5.74, 6) is -0.763. The van der Waals surface area contributed by atoms with E-state index in [0.29, 0.717) is 37.5 Å². The van der Waals surface area contributed by atoms with Gasteiger partial charge in [0.15, 0.2) is 12.2 Å². The van der Waals surface area contributed by atoms with Gasteiger partial charge in [-0.3, -0.25) is 37.3 Å². The number of carbonyl (C=O) groups excluding carboxylic acids is 4. The Kier molecular flexibility index (Phi) is 60.9. The summed E-state index contributed by atoms with van der Waals surface area (Å²) in [6.45, 7) is 9.36. The lowest BCUT2D eigenvalue weighted by atomic mass is 10.0. The van der Waals surface area contributed by atoms with Crippen LogP contribution in [0.3, 0.4) is 0 Å². The molecule has 0 aliphatic heterocycles. The maximum Gasteiger partial charge on any atom is 0.472 e. The van der Waals surface area contributed by atoms with Crippen molar-refractivity contribution in [3.05, 3.63) is 24.3 Å². The number of hydrogen-bond donors (Lipinski definition) is 3. The smallest absolute Gasteiger partial charge is 0.462 e. The van der Waals surface area contributed by atoms with Crippen LogP contribution in [-0.2, 0) is 65.4 Å². The highest BCUT2D eigenvalue weighted by Crippen LogP contribution is 2.45. The molecular formula is C71H134O17P2. The van der Waals surface area contributed by atoms with Crippen molar-refractivity contribution in [2.45, 2.75) is 355 Å². The molecule has 0 saturated carbocycles. The third-order valence-corrected chi connectivity index (χ3v) is 17.7. The lowest BCUT2D eigenvalue weighted by Crippen LogP contribution is -2.30. The zero-order valence-electron chi connectivity index (χ0n) is 57.9. The Balaban J connectivity index is 5.28. The van der Waals surface area contributed by atoms with E-state index in [1.165, 1.54) is 135 Å². The summed E-state index contributed by atoms with van der Waals surface area (Å²) < 4.78 is 68.2. The number of aliphatic hydroxyl groups excluding tert-OH is 1. The normalized spacial score (nSPS) is 14.3. The molecule has 0 saturated heterocycles. The lowest BCUT2D eigenvalue weighted by molar-refractivity contribution is -0.161. The van der Waals surface area contributed by atoms with E-state index in [-0.39, 0.29) is 25.7 Å². The number of phosphoric acid groups is 2. The molecule has 3 N–H and O–H groups in total. The molecule has 0 aromatic heterocycles. The molecule has 0 aliphatic rings. The topological polar surface area (TPSA) is 237 Å². The summed E-state index contributed by atoms with van der Waals surface area (Å²) in [5.41, 5.74) is 0. The summed E-state index contributed by atoms with van der Waals surface area (Å²) >= 11 is 0. The molecule has 0 radical (unpaired) electrons. The van der Waals surface area contributed by atoms with Crippen molar-refractivity contribution in [2.75, 3.05) is 39.6 Å². The van der Waals surface area contributed by atoms with E-state index in [0.717, 1.165) is 109 Å². The van der Waals surface area contributed by atoms with Gasteiger partial charge >= 0.3 is 39.5 Å². The maximum absolute atomic E-state index is 13.0. The number of allylic oxidation sites excluding steroid dienone is 4. The van der Waals surface area contributed by atoms with Crippen molar-refractivity contribution in [2.24, 2.45) is 11.8 Å². The van der Waals surface area contributed by atoms with Gasteiger partial charge in [-0.2, -0.15) is 0 Å². The summed E-state index contributed by atoms with van der Waals surface area (Å²) in [6, 6.07) is 0. The van der Waals surface area contributed by atoms with Gasteiger partial charge in [0.1, 0.15) is 19.3 Å². The van der Waals surface area contributed by atoms with E-state index in [1.54, 1.807) is 0 Å². The SMILES string of the molecule is CCCCCC/C=C\C=C/CCCCCCCC(=O)O[C@H](COC(=O)CCCCCCCCCCCCCCCCC)COP(=O)(O)OC[C@@H](O)COP(=O)(O)OC[C@@H](COC(=O)CCCCCCCCC(C)C)OC(=O)CCCCCCCCCCC(C)C. The van der Waals surface area contributed by atoms with Crippen LogP contribution in [0.2, 0.25) is 0 Å². The summed E-state index contributed by atoms with van der Waals surface area (Å²) in [5, 5.41) is 10.6. The second kappa shape index (κ2) is 62.6. The van der Waals surface area contributed by atoms with E-state index in [9.17, 15) is 43.2 Å². The zero-order chi connectivity index (χ0) is 66.5. The van der Waals surface area contributed by atoms with Crippen LogP contribution in [-0.4, -0.2) is 96.7 Å². The van der Waals surface area contributed by atoms with Crippen LogP contribution < -0.4 is 0 Å². The highest BCUT2D eigenvalue weighted by molar-refractivity contribution is 7.47. The van der Waals surface area contributed by atoms with Gasteiger partial charge in [-0.1, -0.05) is 284 Å². The molecule has 530 valence electrons. The fourth-order valence-corrected chi connectivity index (χ4v) is 11.8. The fraction of sp³-hybridized carbons (Fsp3) is 0.887. The Bertz CT molecular complexity index is 1850. The fourth-order valence-electron chi connectivity index (χ4n) is 10.2. The first-order valence-corrected chi connectivity index (χ1v) is 39.3. The van der Waals surface area contributed by atoms with E-state index < -0.39 is 97.5 Å². The van der Waals surface area contributed by atoms with E-state index >= 15 is 0 Å². The number of unbranched alkanes of at least 4 members (excludes halogenated alkanes) is 35. The number of aliphatic hydroxyl groups is 1. The largest absolute Gasteiger partial charge is 0.472 e. The van der Waals surface area contributed by atoms with Gasteiger partial charge in [-0.15, -0.1) is 0 Å². The number of hydrogen-bond acceptors (Lipinski definition) is 15. The standard InChI is InChI=1S/C71H134O17P2/c1-7-9-11-13-15-17-19-21-23-25-27-29-34-41-47-53-68(73)81-59-66(87-70(75)55-49-43-35-30-28-26-24-22-20-18-16-14-12-10-8-2)61-85-89(77,78)83-57-65(72)58-84-90(79,80)86-62-67(60-82-69(74)54-48-42-38-37-40-46-52-64(5)6)88-71(76)56-50-44-36-32-31-33-39-45-51-63(3)4/h18,20,22,24,63-67,72H,7-17,19,21,23,25-62H2,1-6H3,(H,77,78)(H,79,80)/b20-18-,24-22-/t65-,66-,67-/m1/s1. The van der Waals surface area contributed by atoms with Gasteiger partial charge in [0.2, 0.25) is 0 Å². The van der Waals surface area contributed by atoms with Gasteiger partial charge in [0.05, 0.1) is 26.4 Å². The molecule has 0 rings (SSSR count). The summed E-state index contributed by atoms with van der Waals surface area (Å²) in [4.78, 5) is 72.5. The quantitative estimate of drug-likeness (QED) is 0.0169. The molecule has 90 heavy (non-hydrogen) atoms. The molecule has 17 nitrogen and oxygen atoms in total. The molecule has 2 unspecified atom stereocenters. The van der Waals surface area contributed by atoms with E-state index in [4.69, 9.17) is 37.0 Å². The highest BCUT2D eigenvalue weighted by Gasteiger charge is 2.30. The molecule has 0 aromatic carbocycles. The Morgan fingerprint density at radius 2 is 0.600 bits per heavy atom. The van der Waals surface area contributed by atoms with Crippen molar-refractivity contribution in [3.63, 3.8) is 0 Å². The third-order valence-electron chi connectivity index (χ3n) is 15.8. The monoisotopic (exact) mass is 1320 g/mol. The van der Waals surface area contributed by atoms with Crippen LogP contribution >= 0.6 is 15.6 Å². The zero-order valence-corrected chi connectivity index (χ0v) is 59.7. The first-order valence-electron chi connectivity index (χ1n) is 36.3. The van der Waals surface area contributed by atoms with Crippen LogP contribution in [0.1, 0.15) is 337 Å². The predicted molar refractivity (Wildman–Crippen MR) is 363 cm³/mol. The van der Waals surface area contributed by atoms with Crippen molar-refractivity contribution in [3.8, 4) is 0 Å². The van der Waals surface area contributed by atoms with Crippen molar-refractivity contribution >= 4 is 39.5 Å². The Morgan fingerprint density at radius 1 is 0.344 bits per heavy atom. The Morgan fingerprint density at radius 3 is 0.911 bits per heavy atom. The highest BCUT2D eigenvalue weighted by atomic mass is 31.2. The molecule has 0 fully saturated rings. The number of phosphoric ester groups is 2. The summed E-state index contributed by atoms with van der Waals surface area (Å²) in [7, 11) is -9.91. The second-order valence-electron chi connectivity index (χ2n) is 25.9. The Hall–Kier alpha value is -2.46. The average Bonchev–Trinajstić information content (AvgIpc) is 3.39. The predicted octanol–water partition coefficient (Wildman–Crippen LogP) is 19.9. The first-order chi connectivity index (χ1) is 43.4. The maximum atomic E-state index is 13.0. The van der Waals surface area contributed by atoms with Gasteiger partial charge in [-0.05, 0) is 63.2 Å². The molecule has 19 heteroatoms. The first kappa shape index (κ1) is 87.5. The molecule has 0 spiro atoms. The van der Waals surface area contributed by atoms with Crippen LogP contribution in [0.25, 0.3) is 0 Å². The molecule has 0 amide bonds. The average molecular weight is 1320 g/mol. The summed E-state index contributed by atoms with van der Waals surface area (Å²) in [6.07, 6.45) is 51.0. The van der Waals surface area contributed by atoms with Crippen LogP contribution in [0.5, 0.6) is 0 Å². The number of esters is 4. The molecule has 0 heterocycles. The minimum atomic E-state index is -4.96. The molecular weight excluding hydrogens is 1190 g/mol. The molecule has 5 atom stereocenters. The van der Waals surface area contributed by atoms with Gasteiger partial charge in [0, 0.05) is 25.7 Å². The number of carbonyl (C=O) groups is 4. The minimum Gasteiger partial charge on any atom is -0.462 e. The van der Waals surface area contributed by atoms with E-state index in [2.05, 4.69) is 65.8 Å². The van der Waals surface area contributed by atoms with Crippen LogP contribution in [0, 0.1) is 11.8 Å². The molecule has 0 bridgehead atoms. The van der Waals surface area contributed by atoms with Crippen molar-refractivity contribution < 1.29 is 80.2 Å². The van der Waals surface area contributed by atoms with Gasteiger partial charge in [0.25, 0.3) is 0 Å². The van der Waals surface area contributed by atoms with Crippen molar-refractivity contribution in [1.82, 2.24) is 0 Å². The van der Waals surface area contributed by atoms with Crippen LogP contribution in [0.4, 0.5) is 0 Å². The van der Waals surface area contributed by atoms with Crippen molar-refractivity contribution in [1.29, 1.82) is 0 Å².